The first-order chi connectivity index (χ1) is 22.1. The van der Waals surface area contributed by atoms with Crippen LogP contribution in [0.3, 0.4) is 0 Å². The number of carbonyl (C=O) groups is 1. The van der Waals surface area contributed by atoms with Gasteiger partial charge in [0.25, 0.3) is 0 Å². The van der Waals surface area contributed by atoms with E-state index >= 15 is 0 Å². The van der Waals surface area contributed by atoms with Crippen LogP contribution in [-0.4, -0.2) is 68.4 Å². The van der Waals surface area contributed by atoms with Crippen LogP contribution in [0.5, 0.6) is 17.2 Å². The molecule has 5 aromatic rings. The normalized spacial score (nSPS) is 16.0. The van der Waals surface area contributed by atoms with Crippen molar-refractivity contribution in [2.75, 3.05) is 36.5 Å². The molecule has 2 aliphatic rings. The number of nitriles is 1. The maximum absolute atomic E-state index is 12.8. The van der Waals surface area contributed by atoms with Crippen LogP contribution in [0.15, 0.2) is 55.1 Å². The molecular weight excluding hydrogens is 584 g/mol. The number of amides is 1. The van der Waals surface area contributed by atoms with Gasteiger partial charge >= 0.3 is 6.09 Å². The molecule has 1 unspecified atom stereocenters. The monoisotopic (exact) mass is 618 g/mol. The average molecular weight is 619 g/mol. The molecule has 1 fully saturated rings. The lowest BCUT2D eigenvalue weighted by Crippen LogP contribution is -2.59. The van der Waals surface area contributed by atoms with E-state index in [4.69, 9.17) is 14.2 Å². The van der Waals surface area contributed by atoms with Gasteiger partial charge in [-0.3, -0.25) is 0 Å². The minimum Gasteiger partial charge on any atom is -0.488 e. The second-order valence-corrected chi connectivity index (χ2v) is 12.6. The van der Waals surface area contributed by atoms with Crippen LogP contribution in [0, 0.1) is 18.3 Å². The van der Waals surface area contributed by atoms with Gasteiger partial charge in [-0.15, -0.1) is 0 Å². The molecule has 0 radical (unpaired) electrons. The Labute approximate surface area is 266 Å². The second kappa shape index (κ2) is 11.1. The fourth-order valence-corrected chi connectivity index (χ4v) is 6.03. The fourth-order valence-electron chi connectivity index (χ4n) is 6.03. The highest BCUT2D eigenvalue weighted by molar-refractivity contribution is 6.02. The highest BCUT2D eigenvalue weighted by atomic mass is 16.6. The minimum absolute atomic E-state index is 0.132. The van der Waals surface area contributed by atoms with Gasteiger partial charge in [-0.2, -0.15) is 5.26 Å². The highest BCUT2D eigenvalue weighted by Gasteiger charge is 2.38. The number of nitrogens with zero attached hydrogens (tertiary/aromatic N) is 7. The van der Waals surface area contributed by atoms with Crippen molar-refractivity contribution in [1.82, 2.24) is 24.4 Å². The molecule has 0 bridgehead atoms. The molecule has 46 heavy (non-hydrogen) atoms. The van der Waals surface area contributed by atoms with Crippen LogP contribution in [-0.2, 0) is 11.8 Å². The van der Waals surface area contributed by atoms with Crippen LogP contribution in [0.2, 0.25) is 0 Å². The second-order valence-electron chi connectivity index (χ2n) is 12.6. The number of imidazole rings is 1. The first-order valence-corrected chi connectivity index (χ1v) is 15.1. The zero-order valence-corrected chi connectivity index (χ0v) is 26.4. The Balaban J connectivity index is 1.16. The van der Waals surface area contributed by atoms with Crippen LogP contribution in [0.25, 0.3) is 21.9 Å². The Kier molecular flexibility index (Phi) is 7.04. The van der Waals surface area contributed by atoms with E-state index in [-0.39, 0.29) is 12.1 Å². The molecular formula is C34H34N8O4. The third-order valence-electron chi connectivity index (χ3n) is 8.18. The lowest BCUT2D eigenvalue weighted by Gasteiger charge is -2.46. The van der Waals surface area contributed by atoms with Crippen LogP contribution < -0.4 is 19.7 Å². The van der Waals surface area contributed by atoms with Crippen molar-refractivity contribution in [3.05, 3.63) is 66.2 Å². The first kappa shape index (κ1) is 29.2. The van der Waals surface area contributed by atoms with Gasteiger partial charge in [-0.05, 0) is 69.7 Å². The van der Waals surface area contributed by atoms with E-state index in [0.717, 1.165) is 28.0 Å². The van der Waals surface area contributed by atoms with Crippen LogP contribution >= 0.6 is 0 Å². The zero-order valence-electron chi connectivity index (χ0n) is 26.4. The fraction of sp³-hybridized carbons (Fsp3) is 0.324. The zero-order chi connectivity index (χ0) is 32.2. The Morgan fingerprint density at radius 2 is 1.93 bits per heavy atom. The molecule has 0 spiro atoms. The quantitative estimate of drug-likeness (QED) is 0.254. The van der Waals surface area contributed by atoms with Gasteiger partial charge in [-0.1, -0.05) is 0 Å². The number of benzene rings is 3. The van der Waals surface area contributed by atoms with Crippen LogP contribution in [0.4, 0.5) is 22.0 Å². The van der Waals surface area contributed by atoms with Gasteiger partial charge in [0, 0.05) is 38.4 Å². The van der Waals surface area contributed by atoms with E-state index < -0.39 is 5.60 Å². The number of nitrogens with one attached hydrogen (secondary N) is 1. The number of carbonyl (C=O) groups excluding carboxylic acids is 1. The summed E-state index contributed by atoms with van der Waals surface area (Å²) in [7, 11) is 1.96. The molecule has 1 saturated heterocycles. The van der Waals surface area contributed by atoms with Gasteiger partial charge in [0.15, 0.2) is 5.75 Å². The lowest BCUT2D eigenvalue weighted by atomic mass is 10.0. The molecule has 4 heterocycles. The highest BCUT2D eigenvalue weighted by Crippen LogP contribution is 2.46. The van der Waals surface area contributed by atoms with Gasteiger partial charge in [0.2, 0.25) is 0 Å². The maximum atomic E-state index is 12.8. The number of aryl methyl sites for hydroxylation is 2. The van der Waals surface area contributed by atoms with E-state index in [0.29, 0.717) is 65.7 Å². The molecule has 12 nitrogen and oxygen atoms in total. The van der Waals surface area contributed by atoms with E-state index in [1.54, 1.807) is 17.3 Å². The summed E-state index contributed by atoms with van der Waals surface area (Å²) in [5.41, 5.74) is 4.81. The number of aromatic nitrogens is 4. The molecule has 0 aliphatic carbocycles. The molecule has 1 N–H and O–H groups in total. The summed E-state index contributed by atoms with van der Waals surface area (Å²) in [5, 5.41) is 14.3. The van der Waals surface area contributed by atoms with Crippen molar-refractivity contribution < 1.29 is 19.0 Å². The molecule has 12 heteroatoms. The van der Waals surface area contributed by atoms with Crippen LogP contribution in [0.1, 0.15) is 31.9 Å². The van der Waals surface area contributed by atoms with Gasteiger partial charge in [0.05, 0.1) is 45.6 Å². The predicted molar refractivity (Wildman–Crippen MR) is 174 cm³/mol. The number of fused-ring (bicyclic) bond motifs is 6. The summed E-state index contributed by atoms with van der Waals surface area (Å²) < 4.78 is 20.2. The molecule has 3 aromatic carbocycles. The number of anilines is 3. The number of hydrogen-bond donors (Lipinski definition) is 1. The summed E-state index contributed by atoms with van der Waals surface area (Å²) in [6.45, 7) is 9.31. The molecule has 1 atom stereocenters. The lowest BCUT2D eigenvalue weighted by molar-refractivity contribution is 0.0195. The molecule has 234 valence electrons. The predicted octanol–water partition coefficient (Wildman–Crippen LogP) is 6.05. The van der Waals surface area contributed by atoms with Crippen molar-refractivity contribution in [2.24, 2.45) is 7.05 Å². The summed E-state index contributed by atoms with van der Waals surface area (Å²) in [6, 6.07) is 15.7. The molecule has 0 saturated carbocycles. The number of piperazine rings is 1. The smallest absolute Gasteiger partial charge is 0.410 e. The average Bonchev–Trinajstić information content (AvgIpc) is 3.40. The van der Waals surface area contributed by atoms with Crippen molar-refractivity contribution in [2.45, 2.75) is 39.3 Å². The standard InChI is InChI=1S/C34H34N8O4/c1-20-12-22(6-9-28(20)45-24-7-8-27-25(14-24)38-19-40(27)5)39-32-29-26(36-18-37-32)13-21(15-35)30-31(29)44-17-23-16-41(10-11-42(23)30)33(43)46-34(2,3)4/h6-9,12-14,18-19,23H,10-11,16-17H2,1-5H3,(H,36,37,39). The molecule has 7 rings (SSSR count). The van der Waals surface area contributed by atoms with Gasteiger partial charge < -0.3 is 33.9 Å². The third-order valence-corrected chi connectivity index (χ3v) is 8.18. The Morgan fingerprint density at radius 3 is 2.72 bits per heavy atom. The van der Waals surface area contributed by atoms with Crippen molar-refractivity contribution in [3.8, 4) is 23.3 Å². The van der Waals surface area contributed by atoms with Gasteiger partial charge in [-0.25, -0.2) is 19.7 Å². The largest absolute Gasteiger partial charge is 0.488 e. The maximum Gasteiger partial charge on any atom is 0.410 e. The van der Waals surface area contributed by atoms with E-state index in [1.165, 1.54) is 6.33 Å². The van der Waals surface area contributed by atoms with Crippen molar-refractivity contribution >= 4 is 45.2 Å². The van der Waals surface area contributed by atoms with E-state index in [2.05, 4.69) is 31.2 Å². The summed E-state index contributed by atoms with van der Waals surface area (Å²) in [5.74, 6) is 2.55. The Morgan fingerprint density at radius 1 is 1.09 bits per heavy atom. The molecule has 2 aromatic heterocycles. The SMILES string of the molecule is Cc1cc(Nc2ncnc3cc(C#N)c4c(c23)OCC2CN(C(=O)OC(C)(C)C)CCN42)ccc1Oc1ccc2c(c1)ncn2C. The number of ether oxygens (including phenoxy) is 3. The van der Waals surface area contributed by atoms with E-state index in [1.807, 2.05) is 75.7 Å². The van der Waals surface area contributed by atoms with Crippen molar-refractivity contribution in [3.63, 3.8) is 0 Å². The summed E-state index contributed by atoms with van der Waals surface area (Å²) >= 11 is 0. The summed E-state index contributed by atoms with van der Waals surface area (Å²) in [4.78, 5) is 30.1. The van der Waals surface area contributed by atoms with E-state index in [9.17, 15) is 10.1 Å². The third kappa shape index (κ3) is 5.34. The minimum atomic E-state index is -0.582. The number of hydrogen-bond acceptors (Lipinski definition) is 10. The Hall–Kier alpha value is -5.57. The number of rotatable bonds is 4. The molecule has 1 amide bonds. The first-order valence-electron chi connectivity index (χ1n) is 15.1. The topological polar surface area (TPSA) is 131 Å². The Bertz CT molecular complexity index is 2040. The molecule has 2 aliphatic heterocycles. The van der Waals surface area contributed by atoms with Gasteiger partial charge in [0.1, 0.15) is 41.9 Å². The summed E-state index contributed by atoms with van der Waals surface area (Å²) in [6.07, 6.45) is 2.91. The van der Waals surface area contributed by atoms with Crippen molar-refractivity contribution in [1.29, 1.82) is 5.26 Å².